The first-order valence-electron chi connectivity index (χ1n) is 9.79. The Kier molecular flexibility index (Phi) is 4.13. The summed E-state index contributed by atoms with van der Waals surface area (Å²) in [6, 6.07) is 5.22. The fourth-order valence-corrected chi connectivity index (χ4v) is 4.56. The van der Waals surface area contributed by atoms with Crippen molar-refractivity contribution < 1.29 is 14.3 Å². The van der Waals surface area contributed by atoms with Crippen LogP contribution in [0, 0.1) is 11.3 Å². The molecular formula is C23H23N2O4-. The fourth-order valence-electron chi connectivity index (χ4n) is 4.56. The number of nitrogens with zero attached hydrogens (tertiary/aromatic N) is 2. The Bertz CT molecular complexity index is 1180. The number of carboxylic acids is 1. The minimum absolute atomic E-state index is 0.0306. The Morgan fingerprint density at radius 1 is 1.21 bits per heavy atom. The number of hydrogen-bond acceptors (Lipinski definition) is 6. The summed E-state index contributed by atoms with van der Waals surface area (Å²) in [4.78, 5) is 26.1. The molecule has 4 rings (SSSR count). The summed E-state index contributed by atoms with van der Waals surface area (Å²) in [6.45, 7) is 10.7. The predicted octanol–water partition coefficient (Wildman–Crippen LogP) is 2.62. The van der Waals surface area contributed by atoms with Crippen LogP contribution in [0.1, 0.15) is 57.2 Å². The SMILES string of the molecule is CC1(C)CCN2CCC(C)(C)c3c2c1cc1cc(/C=C(\C#N)C(=O)[O-])c(=O)oc31. The molecule has 0 unspecified atom stereocenters. The second-order valence-electron chi connectivity index (χ2n) is 9.27. The molecule has 150 valence electrons. The van der Waals surface area contributed by atoms with Gasteiger partial charge in [0.2, 0.25) is 0 Å². The molecule has 0 saturated carbocycles. The molecule has 0 atom stereocenters. The van der Waals surface area contributed by atoms with Crippen LogP contribution in [0.3, 0.4) is 0 Å². The van der Waals surface area contributed by atoms with E-state index in [4.69, 9.17) is 9.68 Å². The van der Waals surface area contributed by atoms with Gasteiger partial charge in [-0.25, -0.2) is 4.79 Å². The van der Waals surface area contributed by atoms with Gasteiger partial charge in [0.25, 0.3) is 0 Å². The number of aliphatic carboxylic acids is 1. The largest absolute Gasteiger partial charge is 0.544 e. The van der Waals surface area contributed by atoms with Crippen molar-refractivity contribution in [2.75, 3.05) is 18.0 Å². The lowest BCUT2D eigenvalue weighted by Gasteiger charge is -2.48. The van der Waals surface area contributed by atoms with E-state index in [0.29, 0.717) is 5.58 Å². The van der Waals surface area contributed by atoms with Crippen LogP contribution in [0.4, 0.5) is 5.69 Å². The summed E-state index contributed by atoms with van der Waals surface area (Å²) < 4.78 is 5.74. The van der Waals surface area contributed by atoms with Crippen molar-refractivity contribution in [1.82, 2.24) is 0 Å². The minimum atomic E-state index is -1.62. The number of fused-ring (bicyclic) bond motifs is 2. The molecule has 6 nitrogen and oxygen atoms in total. The third kappa shape index (κ3) is 2.93. The molecule has 2 aliphatic rings. The average Bonchev–Trinajstić information content (AvgIpc) is 2.63. The van der Waals surface area contributed by atoms with Crippen molar-refractivity contribution in [2.24, 2.45) is 0 Å². The van der Waals surface area contributed by atoms with Crippen molar-refractivity contribution in [1.29, 1.82) is 5.26 Å². The molecule has 0 amide bonds. The second kappa shape index (κ2) is 6.21. The molecule has 2 aromatic rings. The van der Waals surface area contributed by atoms with Crippen LogP contribution < -0.4 is 15.6 Å². The molecule has 1 aromatic heterocycles. The number of nitriles is 1. The van der Waals surface area contributed by atoms with Crippen LogP contribution in [0.5, 0.6) is 0 Å². The van der Waals surface area contributed by atoms with Crippen molar-refractivity contribution in [3.63, 3.8) is 0 Å². The van der Waals surface area contributed by atoms with E-state index in [1.54, 1.807) is 12.1 Å². The van der Waals surface area contributed by atoms with Crippen LogP contribution in [-0.2, 0) is 15.6 Å². The summed E-state index contributed by atoms with van der Waals surface area (Å²) in [6.07, 6.45) is 3.00. The van der Waals surface area contributed by atoms with E-state index >= 15 is 0 Å². The van der Waals surface area contributed by atoms with E-state index in [1.165, 1.54) is 11.3 Å². The smallest absolute Gasteiger partial charge is 0.343 e. The van der Waals surface area contributed by atoms with Crippen molar-refractivity contribution in [3.05, 3.63) is 44.8 Å². The van der Waals surface area contributed by atoms with Gasteiger partial charge in [-0.15, -0.1) is 0 Å². The van der Waals surface area contributed by atoms with E-state index in [1.807, 2.05) is 6.07 Å². The summed E-state index contributed by atoms with van der Waals surface area (Å²) >= 11 is 0. The summed E-state index contributed by atoms with van der Waals surface area (Å²) in [7, 11) is 0. The van der Waals surface area contributed by atoms with Crippen molar-refractivity contribution in [2.45, 2.75) is 51.4 Å². The summed E-state index contributed by atoms with van der Waals surface area (Å²) in [5, 5.41) is 20.8. The number of carboxylic acid groups (broad SMARTS) is 1. The van der Waals surface area contributed by atoms with Gasteiger partial charge in [0.05, 0.1) is 17.1 Å². The lowest BCUT2D eigenvalue weighted by molar-refractivity contribution is -0.298. The molecule has 0 saturated heterocycles. The van der Waals surface area contributed by atoms with Crippen LogP contribution in [0.25, 0.3) is 17.0 Å². The Morgan fingerprint density at radius 2 is 1.86 bits per heavy atom. The van der Waals surface area contributed by atoms with E-state index < -0.39 is 17.2 Å². The van der Waals surface area contributed by atoms with Gasteiger partial charge in [-0.3, -0.25) is 0 Å². The highest BCUT2D eigenvalue weighted by atomic mass is 16.4. The first-order valence-corrected chi connectivity index (χ1v) is 9.79. The highest BCUT2D eigenvalue weighted by Crippen LogP contribution is 2.51. The molecule has 0 spiro atoms. The molecule has 0 aliphatic carbocycles. The molecule has 0 bridgehead atoms. The normalized spacial score (nSPS) is 19.6. The first-order chi connectivity index (χ1) is 13.5. The highest BCUT2D eigenvalue weighted by molar-refractivity contribution is 5.96. The van der Waals surface area contributed by atoms with E-state index in [-0.39, 0.29) is 16.4 Å². The number of carbonyl (C=O) groups excluding carboxylic acids is 1. The Balaban J connectivity index is 2.09. The number of anilines is 1. The van der Waals surface area contributed by atoms with Gasteiger partial charge in [-0.05, 0) is 47.4 Å². The first kappa shape index (κ1) is 19.3. The van der Waals surface area contributed by atoms with Crippen LogP contribution in [-0.4, -0.2) is 19.1 Å². The summed E-state index contributed by atoms with van der Waals surface area (Å²) in [5.41, 5.74) is 2.54. The third-order valence-corrected chi connectivity index (χ3v) is 6.40. The molecule has 3 heterocycles. The molecule has 0 radical (unpaired) electrons. The standard InChI is InChI=1S/C23H24N2O4/c1-22(2)5-7-25-8-6-23(3,4)17-18(25)16(22)11-13-9-14(21(28)29-19(13)17)10-15(12-24)20(26)27/h9-11H,5-8H2,1-4H3,(H,26,27)/p-1/b15-10+. The van der Waals surface area contributed by atoms with Gasteiger partial charge in [0, 0.05) is 29.7 Å². The Labute approximate surface area is 169 Å². The molecule has 2 aliphatic heterocycles. The quantitative estimate of drug-likeness (QED) is 0.443. The van der Waals surface area contributed by atoms with E-state index in [2.05, 4.69) is 32.6 Å². The average molecular weight is 391 g/mol. The molecule has 29 heavy (non-hydrogen) atoms. The van der Waals surface area contributed by atoms with Gasteiger partial charge < -0.3 is 19.2 Å². The number of carbonyl (C=O) groups is 1. The van der Waals surface area contributed by atoms with Crippen LogP contribution in [0.15, 0.2) is 26.9 Å². The fraction of sp³-hybridized carbons (Fsp3) is 0.435. The lowest BCUT2D eigenvalue weighted by atomic mass is 9.69. The third-order valence-electron chi connectivity index (χ3n) is 6.40. The zero-order valence-corrected chi connectivity index (χ0v) is 17.1. The number of benzene rings is 1. The zero-order valence-electron chi connectivity index (χ0n) is 17.1. The van der Waals surface area contributed by atoms with Crippen LogP contribution in [0.2, 0.25) is 0 Å². The monoisotopic (exact) mass is 391 g/mol. The van der Waals surface area contributed by atoms with E-state index in [0.717, 1.165) is 43.0 Å². The maximum absolute atomic E-state index is 12.6. The molecular weight excluding hydrogens is 368 g/mol. The highest BCUT2D eigenvalue weighted by Gasteiger charge is 2.41. The molecule has 0 N–H and O–H groups in total. The molecule has 1 aromatic carbocycles. The topological polar surface area (TPSA) is 97.4 Å². The maximum Gasteiger partial charge on any atom is 0.343 e. The minimum Gasteiger partial charge on any atom is -0.544 e. The van der Waals surface area contributed by atoms with Crippen molar-refractivity contribution >= 4 is 28.7 Å². The van der Waals surface area contributed by atoms with Gasteiger partial charge in [0.1, 0.15) is 11.7 Å². The van der Waals surface area contributed by atoms with Gasteiger partial charge in [0.15, 0.2) is 0 Å². The zero-order chi connectivity index (χ0) is 21.1. The summed E-state index contributed by atoms with van der Waals surface area (Å²) in [5.74, 6) is -1.62. The second-order valence-corrected chi connectivity index (χ2v) is 9.27. The van der Waals surface area contributed by atoms with Crippen molar-refractivity contribution in [3.8, 4) is 6.07 Å². The molecule has 6 heteroatoms. The van der Waals surface area contributed by atoms with E-state index in [9.17, 15) is 14.7 Å². The predicted molar refractivity (Wildman–Crippen MR) is 109 cm³/mol. The number of hydrogen-bond donors (Lipinski definition) is 0. The van der Waals surface area contributed by atoms with Gasteiger partial charge >= 0.3 is 5.63 Å². The van der Waals surface area contributed by atoms with Gasteiger partial charge in [-0.1, -0.05) is 27.7 Å². The lowest BCUT2D eigenvalue weighted by Crippen LogP contribution is -2.44. The Hall–Kier alpha value is -3.07. The Morgan fingerprint density at radius 3 is 2.48 bits per heavy atom. The molecule has 0 fully saturated rings. The van der Waals surface area contributed by atoms with Gasteiger partial charge in [-0.2, -0.15) is 5.26 Å². The maximum atomic E-state index is 12.6. The number of rotatable bonds is 2. The van der Waals surface area contributed by atoms with Crippen LogP contribution >= 0.6 is 0 Å².